The maximum atomic E-state index is 5.65. The predicted octanol–water partition coefficient (Wildman–Crippen LogP) is 0.353. The molecule has 4 N–H and O–H groups in total. The standard InChI is InChI=1S/C9H15N5/c1-7-8(11)3-4-9(13-7)14(2)6-12-5-10/h3-4,6H,5,10-11H2,1-2H3. The second kappa shape index (κ2) is 4.57. The van der Waals surface area contributed by atoms with Crippen molar-refractivity contribution in [2.75, 3.05) is 24.3 Å². The van der Waals surface area contributed by atoms with Gasteiger partial charge in [-0.25, -0.2) is 4.98 Å². The Balaban J connectivity index is 2.85. The van der Waals surface area contributed by atoms with Crippen molar-refractivity contribution in [1.29, 1.82) is 0 Å². The van der Waals surface area contributed by atoms with Crippen molar-refractivity contribution in [3.8, 4) is 0 Å². The molecule has 0 spiro atoms. The number of nitrogens with zero attached hydrogens (tertiary/aromatic N) is 3. The second-order valence-corrected chi connectivity index (χ2v) is 2.94. The van der Waals surface area contributed by atoms with Crippen LogP contribution in [0.5, 0.6) is 0 Å². The van der Waals surface area contributed by atoms with Crippen molar-refractivity contribution in [3.63, 3.8) is 0 Å². The van der Waals surface area contributed by atoms with Crippen molar-refractivity contribution in [1.82, 2.24) is 4.98 Å². The minimum atomic E-state index is 0.276. The maximum Gasteiger partial charge on any atom is 0.133 e. The van der Waals surface area contributed by atoms with Crippen LogP contribution in [0.25, 0.3) is 0 Å². The van der Waals surface area contributed by atoms with Crippen molar-refractivity contribution < 1.29 is 0 Å². The van der Waals surface area contributed by atoms with E-state index in [4.69, 9.17) is 11.5 Å². The molecule has 0 amide bonds. The number of aromatic nitrogens is 1. The topological polar surface area (TPSA) is 80.5 Å². The van der Waals surface area contributed by atoms with E-state index in [1.807, 2.05) is 26.1 Å². The lowest BCUT2D eigenvalue weighted by molar-refractivity contribution is 1.05. The van der Waals surface area contributed by atoms with E-state index in [1.165, 1.54) is 0 Å². The summed E-state index contributed by atoms with van der Waals surface area (Å²) in [6.45, 7) is 2.14. The van der Waals surface area contributed by atoms with Gasteiger partial charge in [-0.3, -0.25) is 4.99 Å². The van der Waals surface area contributed by atoms with E-state index >= 15 is 0 Å². The van der Waals surface area contributed by atoms with Gasteiger partial charge in [0, 0.05) is 7.05 Å². The van der Waals surface area contributed by atoms with E-state index in [0.29, 0.717) is 5.69 Å². The lowest BCUT2D eigenvalue weighted by Crippen LogP contribution is -2.17. The molecule has 1 aromatic rings. The Morgan fingerprint density at radius 2 is 2.29 bits per heavy atom. The van der Waals surface area contributed by atoms with E-state index in [0.717, 1.165) is 11.5 Å². The van der Waals surface area contributed by atoms with Crippen LogP contribution in [0.2, 0.25) is 0 Å². The molecule has 0 aromatic carbocycles. The summed E-state index contributed by atoms with van der Waals surface area (Å²) in [6, 6.07) is 3.66. The highest BCUT2D eigenvalue weighted by atomic mass is 15.2. The first-order chi connectivity index (χ1) is 6.65. The quantitative estimate of drug-likeness (QED) is 0.536. The number of hydrogen-bond donors (Lipinski definition) is 2. The number of hydrogen-bond acceptors (Lipinski definition) is 4. The monoisotopic (exact) mass is 193 g/mol. The summed E-state index contributed by atoms with van der Waals surface area (Å²) >= 11 is 0. The zero-order valence-electron chi connectivity index (χ0n) is 8.44. The molecule has 14 heavy (non-hydrogen) atoms. The fourth-order valence-electron chi connectivity index (χ4n) is 0.984. The second-order valence-electron chi connectivity index (χ2n) is 2.94. The molecule has 1 aromatic heterocycles. The third kappa shape index (κ3) is 2.43. The van der Waals surface area contributed by atoms with Crippen LogP contribution >= 0.6 is 0 Å². The van der Waals surface area contributed by atoms with Gasteiger partial charge >= 0.3 is 0 Å². The maximum absolute atomic E-state index is 5.65. The molecule has 5 nitrogen and oxygen atoms in total. The van der Waals surface area contributed by atoms with E-state index in [1.54, 1.807) is 11.2 Å². The first kappa shape index (κ1) is 10.5. The number of anilines is 2. The van der Waals surface area contributed by atoms with Crippen LogP contribution in [-0.2, 0) is 0 Å². The number of pyridine rings is 1. The summed E-state index contributed by atoms with van der Waals surface area (Å²) < 4.78 is 0. The highest BCUT2D eigenvalue weighted by Crippen LogP contribution is 2.13. The van der Waals surface area contributed by atoms with E-state index in [-0.39, 0.29) is 6.67 Å². The predicted molar refractivity (Wildman–Crippen MR) is 59.3 cm³/mol. The largest absolute Gasteiger partial charge is 0.397 e. The summed E-state index contributed by atoms with van der Waals surface area (Å²) in [7, 11) is 1.86. The Labute approximate surface area is 83.4 Å². The lowest BCUT2D eigenvalue weighted by atomic mass is 10.3. The average molecular weight is 193 g/mol. The van der Waals surface area contributed by atoms with Gasteiger partial charge in [0.15, 0.2) is 0 Å². The molecule has 0 unspecified atom stereocenters. The average Bonchev–Trinajstić information content (AvgIpc) is 2.18. The van der Waals surface area contributed by atoms with Gasteiger partial charge in [0.25, 0.3) is 0 Å². The Morgan fingerprint density at radius 1 is 1.57 bits per heavy atom. The van der Waals surface area contributed by atoms with Crippen molar-refractivity contribution >= 4 is 17.8 Å². The smallest absolute Gasteiger partial charge is 0.133 e. The van der Waals surface area contributed by atoms with Crippen LogP contribution in [0.3, 0.4) is 0 Å². The zero-order chi connectivity index (χ0) is 10.6. The Morgan fingerprint density at radius 3 is 2.86 bits per heavy atom. The van der Waals surface area contributed by atoms with Gasteiger partial charge in [0.1, 0.15) is 5.82 Å². The van der Waals surface area contributed by atoms with Crippen molar-refractivity contribution in [3.05, 3.63) is 17.8 Å². The molecule has 0 aliphatic heterocycles. The van der Waals surface area contributed by atoms with Gasteiger partial charge in [-0.15, -0.1) is 0 Å². The van der Waals surface area contributed by atoms with Crippen LogP contribution in [0.4, 0.5) is 11.5 Å². The summed E-state index contributed by atoms with van der Waals surface area (Å²) in [6.07, 6.45) is 1.64. The Hall–Kier alpha value is -1.62. The van der Waals surface area contributed by atoms with Crippen LogP contribution in [0.15, 0.2) is 17.1 Å². The number of rotatable bonds is 3. The highest BCUT2D eigenvalue weighted by Gasteiger charge is 2.01. The molecule has 0 aliphatic rings. The van der Waals surface area contributed by atoms with Crippen LogP contribution in [0.1, 0.15) is 5.69 Å². The summed E-state index contributed by atoms with van der Waals surface area (Å²) in [4.78, 5) is 9.99. The van der Waals surface area contributed by atoms with Gasteiger partial charge < -0.3 is 16.4 Å². The van der Waals surface area contributed by atoms with Crippen LogP contribution in [0, 0.1) is 6.92 Å². The molecule has 0 radical (unpaired) electrons. The van der Waals surface area contributed by atoms with E-state index in [9.17, 15) is 0 Å². The van der Waals surface area contributed by atoms with Gasteiger partial charge in [-0.1, -0.05) is 0 Å². The minimum Gasteiger partial charge on any atom is -0.397 e. The van der Waals surface area contributed by atoms with Crippen molar-refractivity contribution in [2.45, 2.75) is 6.92 Å². The molecule has 0 saturated heterocycles. The van der Waals surface area contributed by atoms with Crippen LogP contribution in [-0.4, -0.2) is 25.0 Å². The molecule has 0 aliphatic carbocycles. The normalized spacial score (nSPS) is 10.8. The van der Waals surface area contributed by atoms with Crippen LogP contribution < -0.4 is 16.4 Å². The Bertz CT molecular complexity index is 334. The SMILES string of the molecule is Cc1nc(N(C)C=NCN)ccc1N. The third-order valence-electron chi connectivity index (χ3n) is 1.83. The number of nitrogens with two attached hydrogens (primary N) is 2. The zero-order valence-corrected chi connectivity index (χ0v) is 8.44. The summed E-state index contributed by atoms with van der Waals surface area (Å²) in [5.74, 6) is 0.800. The first-order valence-corrected chi connectivity index (χ1v) is 4.31. The van der Waals surface area contributed by atoms with Gasteiger partial charge in [-0.05, 0) is 19.1 Å². The minimum absolute atomic E-state index is 0.276. The van der Waals surface area contributed by atoms with Gasteiger partial charge in [0.05, 0.1) is 24.4 Å². The molecular weight excluding hydrogens is 178 g/mol. The van der Waals surface area contributed by atoms with Gasteiger partial charge in [0.2, 0.25) is 0 Å². The molecule has 0 atom stereocenters. The first-order valence-electron chi connectivity index (χ1n) is 4.31. The lowest BCUT2D eigenvalue weighted by Gasteiger charge is -2.12. The third-order valence-corrected chi connectivity index (χ3v) is 1.83. The number of aryl methyl sites for hydroxylation is 1. The fourth-order valence-corrected chi connectivity index (χ4v) is 0.984. The molecule has 0 saturated carbocycles. The number of aliphatic imine (C=N–C) groups is 1. The number of nitrogen functional groups attached to an aromatic ring is 1. The molecule has 1 heterocycles. The molecule has 76 valence electrons. The molecule has 1 rings (SSSR count). The summed E-state index contributed by atoms with van der Waals surface area (Å²) in [5.41, 5.74) is 12.4. The molecule has 0 fully saturated rings. The Kier molecular flexibility index (Phi) is 3.41. The van der Waals surface area contributed by atoms with Gasteiger partial charge in [-0.2, -0.15) is 0 Å². The molecule has 5 heteroatoms. The van der Waals surface area contributed by atoms with Crippen molar-refractivity contribution in [2.24, 2.45) is 10.7 Å². The molecule has 0 bridgehead atoms. The summed E-state index contributed by atoms with van der Waals surface area (Å²) in [5, 5.41) is 0. The molecular formula is C9H15N5. The van der Waals surface area contributed by atoms with E-state index in [2.05, 4.69) is 9.98 Å². The van der Waals surface area contributed by atoms with E-state index < -0.39 is 0 Å². The highest BCUT2D eigenvalue weighted by molar-refractivity contribution is 5.76. The fraction of sp³-hybridized carbons (Fsp3) is 0.333.